The summed E-state index contributed by atoms with van der Waals surface area (Å²) < 4.78 is 0. The van der Waals surface area contributed by atoms with E-state index in [9.17, 15) is 5.11 Å². The van der Waals surface area contributed by atoms with Crippen LogP contribution in [-0.2, 0) is 0 Å². The molecular weight excluding hydrogens is 198 g/mol. The van der Waals surface area contributed by atoms with Crippen LogP contribution in [0.2, 0.25) is 0 Å². The molecule has 1 atom stereocenters. The van der Waals surface area contributed by atoms with E-state index in [0.717, 1.165) is 25.9 Å². The molecule has 1 aliphatic carbocycles. The minimum absolute atomic E-state index is 0.349. The Morgan fingerprint density at radius 3 is 2.25 bits per heavy atom. The number of nitrogens with one attached hydrogen (secondary N) is 1. The summed E-state index contributed by atoms with van der Waals surface area (Å²) in [5, 5.41) is 13.8. The fourth-order valence-electron chi connectivity index (χ4n) is 2.21. The molecule has 0 heterocycles. The van der Waals surface area contributed by atoms with Crippen LogP contribution in [-0.4, -0.2) is 23.8 Å². The lowest BCUT2D eigenvalue weighted by molar-refractivity contribution is 0.00347. The number of hydrogen-bond acceptors (Lipinski definition) is 2. The van der Waals surface area contributed by atoms with Crippen molar-refractivity contribution in [3.05, 3.63) is 0 Å². The van der Waals surface area contributed by atoms with Crippen molar-refractivity contribution in [3.8, 4) is 0 Å². The second kappa shape index (κ2) is 5.50. The van der Waals surface area contributed by atoms with Crippen LogP contribution < -0.4 is 5.32 Å². The summed E-state index contributed by atoms with van der Waals surface area (Å²) in [4.78, 5) is 0. The summed E-state index contributed by atoms with van der Waals surface area (Å²) in [6, 6.07) is 0. The molecule has 16 heavy (non-hydrogen) atoms. The zero-order valence-corrected chi connectivity index (χ0v) is 11.5. The van der Waals surface area contributed by atoms with Crippen LogP contribution in [0.3, 0.4) is 0 Å². The van der Waals surface area contributed by atoms with Gasteiger partial charge in [0.2, 0.25) is 0 Å². The Morgan fingerprint density at radius 2 is 1.75 bits per heavy atom. The van der Waals surface area contributed by atoms with E-state index in [1.165, 1.54) is 19.3 Å². The van der Waals surface area contributed by atoms with Crippen LogP contribution in [0.1, 0.15) is 59.8 Å². The standard InChI is InChI=1S/C14H29NO/c1-12(13(2,3)4)10-15-11-14(16)8-6-5-7-9-14/h12,15-16H,5-11H2,1-4H3. The fraction of sp³-hybridized carbons (Fsp3) is 1.00. The Bertz CT molecular complexity index is 201. The first-order valence-electron chi connectivity index (χ1n) is 6.77. The number of hydrogen-bond donors (Lipinski definition) is 2. The van der Waals surface area contributed by atoms with Gasteiger partial charge in [0.1, 0.15) is 0 Å². The highest BCUT2D eigenvalue weighted by Gasteiger charge is 2.29. The van der Waals surface area contributed by atoms with E-state index in [2.05, 4.69) is 33.0 Å². The molecule has 0 spiro atoms. The largest absolute Gasteiger partial charge is 0.389 e. The van der Waals surface area contributed by atoms with E-state index in [0.29, 0.717) is 11.3 Å². The van der Waals surface area contributed by atoms with Crippen LogP contribution in [0, 0.1) is 11.3 Å². The van der Waals surface area contributed by atoms with Crippen molar-refractivity contribution in [1.82, 2.24) is 5.32 Å². The van der Waals surface area contributed by atoms with Gasteiger partial charge >= 0.3 is 0 Å². The van der Waals surface area contributed by atoms with Crippen LogP contribution in [0.4, 0.5) is 0 Å². The summed E-state index contributed by atoms with van der Waals surface area (Å²) in [6.45, 7) is 10.9. The van der Waals surface area contributed by atoms with Crippen molar-refractivity contribution in [2.45, 2.75) is 65.4 Å². The Kier molecular flexibility index (Phi) is 4.81. The molecule has 1 unspecified atom stereocenters. The van der Waals surface area contributed by atoms with Gasteiger partial charge in [-0.05, 0) is 30.7 Å². The van der Waals surface area contributed by atoms with Crippen LogP contribution in [0.25, 0.3) is 0 Å². The molecule has 0 aromatic carbocycles. The van der Waals surface area contributed by atoms with Crippen LogP contribution >= 0.6 is 0 Å². The first kappa shape index (κ1) is 14.0. The molecule has 2 heteroatoms. The Balaban J connectivity index is 2.24. The van der Waals surface area contributed by atoms with Gasteiger partial charge in [0.15, 0.2) is 0 Å². The third-order valence-electron chi connectivity index (χ3n) is 4.17. The normalized spacial score (nSPS) is 23.1. The fourth-order valence-corrected chi connectivity index (χ4v) is 2.21. The van der Waals surface area contributed by atoms with Gasteiger partial charge in [-0.1, -0.05) is 47.0 Å². The molecule has 1 fully saturated rings. The van der Waals surface area contributed by atoms with Crippen LogP contribution in [0.15, 0.2) is 0 Å². The molecule has 1 aliphatic rings. The first-order valence-corrected chi connectivity index (χ1v) is 6.77. The van der Waals surface area contributed by atoms with Gasteiger partial charge in [-0.15, -0.1) is 0 Å². The first-order chi connectivity index (χ1) is 7.33. The highest BCUT2D eigenvalue weighted by molar-refractivity contribution is 4.85. The quantitative estimate of drug-likeness (QED) is 0.774. The topological polar surface area (TPSA) is 32.3 Å². The van der Waals surface area contributed by atoms with E-state index in [4.69, 9.17) is 0 Å². The zero-order valence-electron chi connectivity index (χ0n) is 11.5. The van der Waals surface area contributed by atoms with E-state index >= 15 is 0 Å². The Labute approximate surface area is 101 Å². The molecule has 2 N–H and O–H groups in total. The monoisotopic (exact) mass is 227 g/mol. The minimum atomic E-state index is -0.421. The van der Waals surface area contributed by atoms with Gasteiger partial charge in [0.25, 0.3) is 0 Å². The predicted molar refractivity (Wildman–Crippen MR) is 69.5 cm³/mol. The maximum absolute atomic E-state index is 10.3. The maximum Gasteiger partial charge on any atom is 0.0771 e. The molecule has 1 saturated carbocycles. The lowest BCUT2D eigenvalue weighted by Crippen LogP contribution is -2.44. The summed E-state index contributed by atoms with van der Waals surface area (Å²) in [5.74, 6) is 0.639. The van der Waals surface area contributed by atoms with E-state index < -0.39 is 5.60 Å². The van der Waals surface area contributed by atoms with Crippen molar-refractivity contribution >= 4 is 0 Å². The third kappa shape index (κ3) is 4.42. The van der Waals surface area contributed by atoms with E-state index in [1.54, 1.807) is 0 Å². The molecule has 0 aromatic heterocycles. The Hall–Kier alpha value is -0.0800. The summed E-state index contributed by atoms with van der Waals surface area (Å²) in [6.07, 6.45) is 5.62. The Morgan fingerprint density at radius 1 is 1.19 bits per heavy atom. The highest BCUT2D eigenvalue weighted by atomic mass is 16.3. The third-order valence-corrected chi connectivity index (χ3v) is 4.17. The number of rotatable bonds is 4. The van der Waals surface area contributed by atoms with Crippen molar-refractivity contribution in [2.75, 3.05) is 13.1 Å². The second-order valence-electron chi connectivity index (χ2n) is 6.68. The molecule has 1 rings (SSSR count). The van der Waals surface area contributed by atoms with Gasteiger partial charge in [-0.3, -0.25) is 0 Å². The zero-order chi connectivity index (χ0) is 12.2. The SMILES string of the molecule is CC(CNCC1(O)CCCCC1)C(C)(C)C. The average molecular weight is 227 g/mol. The molecule has 2 nitrogen and oxygen atoms in total. The van der Waals surface area contributed by atoms with Gasteiger partial charge in [-0.2, -0.15) is 0 Å². The molecule has 96 valence electrons. The summed E-state index contributed by atoms with van der Waals surface area (Å²) in [5.41, 5.74) is -0.0714. The summed E-state index contributed by atoms with van der Waals surface area (Å²) in [7, 11) is 0. The molecular formula is C14H29NO. The van der Waals surface area contributed by atoms with E-state index in [-0.39, 0.29) is 0 Å². The molecule has 0 radical (unpaired) electrons. The van der Waals surface area contributed by atoms with Crippen molar-refractivity contribution in [1.29, 1.82) is 0 Å². The smallest absolute Gasteiger partial charge is 0.0771 e. The van der Waals surface area contributed by atoms with Crippen molar-refractivity contribution in [3.63, 3.8) is 0 Å². The molecule has 0 aromatic rings. The van der Waals surface area contributed by atoms with Gasteiger partial charge < -0.3 is 10.4 Å². The summed E-state index contributed by atoms with van der Waals surface area (Å²) >= 11 is 0. The van der Waals surface area contributed by atoms with E-state index in [1.807, 2.05) is 0 Å². The lowest BCUT2D eigenvalue weighted by atomic mass is 9.81. The second-order valence-corrected chi connectivity index (χ2v) is 6.68. The van der Waals surface area contributed by atoms with Gasteiger partial charge in [0.05, 0.1) is 5.60 Å². The molecule has 0 saturated heterocycles. The lowest BCUT2D eigenvalue weighted by Gasteiger charge is -2.34. The molecule has 0 amide bonds. The van der Waals surface area contributed by atoms with Gasteiger partial charge in [-0.25, -0.2) is 0 Å². The average Bonchev–Trinajstić information content (AvgIpc) is 2.17. The molecule has 0 bridgehead atoms. The molecule has 0 aliphatic heterocycles. The maximum atomic E-state index is 10.3. The number of aliphatic hydroxyl groups is 1. The minimum Gasteiger partial charge on any atom is -0.389 e. The van der Waals surface area contributed by atoms with Crippen molar-refractivity contribution < 1.29 is 5.11 Å². The highest BCUT2D eigenvalue weighted by Crippen LogP contribution is 2.28. The van der Waals surface area contributed by atoms with Crippen LogP contribution in [0.5, 0.6) is 0 Å². The predicted octanol–water partition coefficient (Wildman–Crippen LogP) is 2.95. The van der Waals surface area contributed by atoms with Crippen molar-refractivity contribution in [2.24, 2.45) is 11.3 Å². The van der Waals surface area contributed by atoms with Gasteiger partial charge in [0, 0.05) is 6.54 Å².